The third-order valence-electron chi connectivity index (χ3n) is 2.05. The Bertz CT molecular complexity index is 345. The lowest BCUT2D eigenvalue weighted by Gasteiger charge is -2.18. The first-order valence-corrected chi connectivity index (χ1v) is 3.53. The topological polar surface area (TPSA) is 38.1 Å². The van der Waals surface area contributed by atoms with Crippen molar-refractivity contribution in [3.8, 4) is 11.1 Å². The van der Waals surface area contributed by atoms with Crippen LogP contribution in [-0.4, -0.2) is 4.98 Å². The quantitative estimate of drug-likeness (QED) is 0.614. The minimum atomic E-state index is 0.796. The summed E-state index contributed by atoms with van der Waals surface area (Å²) in [5.74, 6) is 0.979. The summed E-state index contributed by atoms with van der Waals surface area (Å²) in [5.41, 5.74) is 3.35. The summed E-state index contributed by atoms with van der Waals surface area (Å²) in [6, 6.07) is 0. The van der Waals surface area contributed by atoms with E-state index in [0.717, 1.165) is 29.1 Å². The average molecular weight is 146 g/mol. The zero-order valence-electron chi connectivity index (χ0n) is 5.79. The second kappa shape index (κ2) is 1.56. The molecule has 0 aromatic carbocycles. The molecule has 0 atom stereocenters. The molecule has 11 heavy (non-hydrogen) atoms. The molecule has 0 aromatic rings. The Kier molecular flexibility index (Phi) is 0.733. The van der Waals surface area contributed by atoms with Crippen LogP contribution in [0.2, 0.25) is 0 Å². The second-order valence-corrected chi connectivity index (χ2v) is 2.66. The zero-order chi connectivity index (χ0) is 7.26. The molecule has 4 aliphatic rings. The molecule has 4 rings (SSSR count). The first kappa shape index (κ1) is 5.18. The van der Waals surface area contributed by atoms with Gasteiger partial charge in [-0.3, -0.25) is 4.98 Å². The van der Waals surface area contributed by atoms with Gasteiger partial charge < -0.3 is 9.73 Å². The van der Waals surface area contributed by atoms with Crippen molar-refractivity contribution < 1.29 is 4.42 Å². The maximum Gasteiger partial charge on any atom is 0.132 e. The van der Waals surface area contributed by atoms with E-state index in [2.05, 4.69) is 10.3 Å². The molecule has 4 aliphatic heterocycles. The molecule has 54 valence electrons. The largest absolute Gasteiger partial charge is 0.465 e. The van der Waals surface area contributed by atoms with E-state index in [4.69, 9.17) is 4.42 Å². The number of anilines is 1. The number of aromatic nitrogens is 1. The molecule has 0 fully saturated rings. The molecule has 2 bridgehead atoms. The van der Waals surface area contributed by atoms with Crippen molar-refractivity contribution in [1.29, 1.82) is 0 Å². The van der Waals surface area contributed by atoms with Gasteiger partial charge >= 0.3 is 0 Å². The molecule has 0 radical (unpaired) electrons. The molecule has 0 unspecified atom stereocenters. The van der Waals surface area contributed by atoms with Gasteiger partial charge in [-0.1, -0.05) is 0 Å². The summed E-state index contributed by atoms with van der Waals surface area (Å²) in [4.78, 5) is 4.06. The van der Waals surface area contributed by atoms with Crippen LogP contribution in [0.25, 0.3) is 11.1 Å². The van der Waals surface area contributed by atoms with Crippen LogP contribution in [-0.2, 0) is 6.54 Å². The van der Waals surface area contributed by atoms with E-state index in [9.17, 15) is 0 Å². The second-order valence-electron chi connectivity index (χ2n) is 2.66. The minimum Gasteiger partial charge on any atom is -0.465 e. The normalized spacial score (nSPS) is 13.8. The van der Waals surface area contributed by atoms with E-state index in [0.29, 0.717) is 0 Å². The van der Waals surface area contributed by atoms with Crippen molar-refractivity contribution in [2.45, 2.75) is 6.54 Å². The van der Waals surface area contributed by atoms with Gasteiger partial charge in [-0.05, 0) is 0 Å². The van der Waals surface area contributed by atoms with Crippen molar-refractivity contribution in [1.82, 2.24) is 4.98 Å². The average Bonchev–Trinajstić information content (AvgIpc) is 2.55. The van der Waals surface area contributed by atoms with Crippen LogP contribution in [0.15, 0.2) is 23.1 Å². The summed E-state index contributed by atoms with van der Waals surface area (Å²) >= 11 is 0. The van der Waals surface area contributed by atoms with E-state index in [-0.39, 0.29) is 0 Å². The summed E-state index contributed by atoms with van der Waals surface area (Å²) in [6.07, 6.45) is 5.44. The summed E-state index contributed by atoms with van der Waals surface area (Å²) in [6.45, 7) is 0.796. The Morgan fingerprint density at radius 3 is 3.00 bits per heavy atom. The molecule has 0 spiro atoms. The van der Waals surface area contributed by atoms with Crippen molar-refractivity contribution in [2.24, 2.45) is 0 Å². The fraction of sp³-hybridized carbons (Fsp3) is 0.125. The highest BCUT2D eigenvalue weighted by atomic mass is 16.3. The highest BCUT2D eigenvalue weighted by Crippen LogP contribution is 2.37. The standard InChI is InChI=1S/C8H6N2O/c1-5-6(2-9-1)8-3-10-7(5)4-11-8/h1-2,4,10H,3H2. The molecule has 4 heterocycles. The fourth-order valence-corrected chi connectivity index (χ4v) is 1.47. The number of nitrogens with one attached hydrogen (secondary N) is 1. The zero-order valence-corrected chi connectivity index (χ0v) is 5.79. The molecule has 3 heteroatoms. The number of fused-ring (bicyclic) bond motifs is 2. The van der Waals surface area contributed by atoms with E-state index < -0.39 is 0 Å². The Morgan fingerprint density at radius 2 is 2.27 bits per heavy atom. The van der Waals surface area contributed by atoms with E-state index in [1.807, 2.05) is 12.4 Å². The maximum atomic E-state index is 5.31. The van der Waals surface area contributed by atoms with Crippen molar-refractivity contribution >= 4 is 5.69 Å². The predicted octanol–water partition coefficient (Wildman–Crippen LogP) is 1.70. The Labute approximate surface area is 63.4 Å². The maximum absolute atomic E-state index is 5.31. The molecule has 1 N–H and O–H groups in total. The van der Waals surface area contributed by atoms with Gasteiger partial charge in [0.2, 0.25) is 0 Å². The van der Waals surface area contributed by atoms with Crippen LogP contribution in [0.5, 0.6) is 0 Å². The van der Waals surface area contributed by atoms with E-state index in [1.165, 1.54) is 0 Å². The van der Waals surface area contributed by atoms with Crippen molar-refractivity contribution in [3.05, 3.63) is 24.4 Å². The van der Waals surface area contributed by atoms with E-state index >= 15 is 0 Å². The van der Waals surface area contributed by atoms with Crippen LogP contribution >= 0.6 is 0 Å². The molecule has 0 amide bonds. The van der Waals surface area contributed by atoms with Crippen LogP contribution in [0.3, 0.4) is 0 Å². The third kappa shape index (κ3) is 0.510. The monoisotopic (exact) mass is 146 g/mol. The molecular weight excluding hydrogens is 140 g/mol. The van der Waals surface area contributed by atoms with Gasteiger partial charge in [0, 0.05) is 23.5 Å². The first-order chi connectivity index (χ1) is 5.45. The Balaban J connectivity index is 2.51. The van der Waals surface area contributed by atoms with Gasteiger partial charge in [-0.15, -0.1) is 0 Å². The molecule has 0 saturated heterocycles. The molecule has 3 nitrogen and oxygen atoms in total. The minimum absolute atomic E-state index is 0.796. The van der Waals surface area contributed by atoms with Gasteiger partial charge in [-0.2, -0.15) is 0 Å². The van der Waals surface area contributed by atoms with Crippen LogP contribution in [0.1, 0.15) is 5.76 Å². The van der Waals surface area contributed by atoms with Crippen LogP contribution < -0.4 is 5.32 Å². The summed E-state index contributed by atoms with van der Waals surface area (Å²) in [7, 11) is 0. The predicted molar refractivity (Wildman–Crippen MR) is 40.5 cm³/mol. The van der Waals surface area contributed by atoms with Crippen LogP contribution in [0.4, 0.5) is 5.69 Å². The lowest BCUT2D eigenvalue weighted by atomic mass is 10.1. The molecular formula is C8H6N2O. The first-order valence-electron chi connectivity index (χ1n) is 3.53. The van der Waals surface area contributed by atoms with Gasteiger partial charge in [-0.25, -0.2) is 0 Å². The van der Waals surface area contributed by atoms with Gasteiger partial charge in [0.25, 0.3) is 0 Å². The summed E-state index contributed by atoms with van der Waals surface area (Å²) in [5, 5.41) is 3.22. The summed E-state index contributed by atoms with van der Waals surface area (Å²) < 4.78 is 5.31. The molecule has 0 aliphatic carbocycles. The Hall–Kier alpha value is -1.51. The number of nitrogens with zero attached hydrogens (tertiary/aromatic N) is 1. The lowest BCUT2D eigenvalue weighted by molar-refractivity contribution is 0.490. The van der Waals surface area contributed by atoms with E-state index in [1.54, 1.807) is 6.26 Å². The van der Waals surface area contributed by atoms with Gasteiger partial charge in [0.15, 0.2) is 0 Å². The fourth-order valence-electron chi connectivity index (χ4n) is 1.47. The highest BCUT2D eigenvalue weighted by molar-refractivity contribution is 5.81. The van der Waals surface area contributed by atoms with Crippen molar-refractivity contribution in [2.75, 3.05) is 5.32 Å². The molecule has 0 saturated carbocycles. The molecule has 0 aromatic heterocycles. The highest BCUT2D eigenvalue weighted by Gasteiger charge is 2.20. The Morgan fingerprint density at radius 1 is 1.36 bits per heavy atom. The lowest BCUT2D eigenvalue weighted by Crippen LogP contribution is -2.08. The number of rotatable bonds is 0. The smallest absolute Gasteiger partial charge is 0.132 e. The number of hydrogen-bond acceptors (Lipinski definition) is 3. The van der Waals surface area contributed by atoms with Gasteiger partial charge in [0.05, 0.1) is 12.2 Å². The third-order valence-corrected chi connectivity index (χ3v) is 2.05. The van der Waals surface area contributed by atoms with Crippen LogP contribution in [0, 0.1) is 0 Å². The SMILES string of the molecule is c1oc2c3cncc-3c1NC2. The van der Waals surface area contributed by atoms with Gasteiger partial charge in [0.1, 0.15) is 12.0 Å². The number of hydrogen-bond donors (Lipinski definition) is 1. The van der Waals surface area contributed by atoms with Crippen molar-refractivity contribution in [3.63, 3.8) is 0 Å².